The van der Waals surface area contributed by atoms with Crippen molar-refractivity contribution in [2.75, 3.05) is 0 Å². The van der Waals surface area contributed by atoms with Crippen LogP contribution < -0.4 is 10.5 Å². The quantitative estimate of drug-likeness (QED) is 0.770. The van der Waals surface area contributed by atoms with E-state index in [0.29, 0.717) is 22.7 Å². The normalized spacial score (nSPS) is 16.0. The molecule has 0 amide bonds. The van der Waals surface area contributed by atoms with Gasteiger partial charge in [0.05, 0.1) is 22.9 Å². The number of allylic oxidation sites excluding steroid dienone is 1. The molecular formula is C20H15FN4O. The fourth-order valence-corrected chi connectivity index (χ4v) is 3.28. The van der Waals surface area contributed by atoms with Gasteiger partial charge in [-0.3, -0.25) is 0 Å². The van der Waals surface area contributed by atoms with Crippen LogP contribution in [0.2, 0.25) is 0 Å². The molecule has 0 saturated heterocycles. The lowest BCUT2D eigenvalue weighted by atomic mass is 9.84. The molecule has 5 nitrogen and oxygen atoms in total. The average molecular weight is 346 g/mol. The highest BCUT2D eigenvalue weighted by atomic mass is 19.1. The first-order valence-electron chi connectivity index (χ1n) is 8.08. The summed E-state index contributed by atoms with van der Waals surface area (Å²) in [6, 6.07) is 17.9. The number of aryl methyl sites for hydroxylation is 1. The second-order valence-corrected chi connectivity index (χ2v) is 6.00. The Labute approximate surface area is 149 Å². The van der Waals surface area contributed by atoms with Gasteiger partial charge in [0.1, 0.15) is 17.5 Å². The first-order chi connectivity index (χ1) is 12.6. The van der Waals surface area contributed by atoms with Gasteiger partial charge in [-0.1, -0.05) is 36.4 Å². The maximum atomic E-state index is 14.5. The monoisotopic (exact) mass is 346 g/mol. The molecule has 0 spiro atoms. The Bertz CT molecular complexity index is 1060. The molecule has 1 aliphatic rings. The summed E-state index contributed by atoms with van der Waals surface area (Å²) in [5, 5.41) is 14.2. The van der Waals surface area contributed by atoms with Crippen LogP contribution in [0.3, 0.4) is 0 Å². The van der Waals surface area contributed by atoms with Crippen molar-refractivity contribution in [3.8, 4) is 17.6 Å². The van der Waals surface area contributed by atoms with Crippen LogP contribution in [-0.4, -0.2) is 9.78 Å². The zero-order valence-corrected chi connectivity index (χ0v) is 14.0. The lowest BCUT2D eigenvalue weighted by molar-refractivity contribution is 0.366. The van der Waals surface area contributed by atoms with E-state index in [2.05, 4.69) is 11.2 Å². The molecule has 1 atom stereocenters. The average Bonchev–Trinajstić information content (AvgIpc) is 2.98. The Balaban J connectivity index is 1.99. The van der Waals surface area contributed by atoms with Gasteiger partial charge in [-0.05, 0) is 25.1 Å². The van der Waals surface area contributed by atoms with Crippen molar-refractivity contribution in [1.29, 1.82) is 5.26 Å². The highest BCUT2D eigenvalue weighted by molar-refractivity contribution is 5.57. The second-order valence-electron chi connectivity index (χ2n) is 6.00. The van der Waals surface area contributed by atoms with Crippen molar-refractivity contribution in [3.63, 3.8) is 0 Å². The Morgan fingerprint density at radius 2 is 1.85 bits per heavy atom. The number of fused-ring (bicyclic) bond motifs is 1. The van der Waals surface area contributed by atoms with Crippen LogP contribution in [0.4, 0.5) is 4.39 Å². The van der Waals surface area contributed by atoms with Crippen LogP contribution in [0.5, 0.6) is 5.88 Å². The van der Waals surface area contributed by atoms with Gasteiger partial charge in [0.2, 0.25) is 11.8 Å². The number of benzene rings is 2. The van der Waals surface area contributed by atoms with Crippen LogP contribution >= 0.6 is 0 Å². The summed E-state index contributed by atoms with van der Waals surface area (Å²) >= 11 is 0. The first-order valence-corrected chi connectivity index (χ1v) is 8.08. The molecule has 1 aromatic heterocycles. The standard InChI is InChI=1S/C20H15FN4O/c1-12-17-18(14-9-5-6-10-16(14)21)15(11-22)19(23)26-20(17)25(24-12)13-7-3-2-4-8-13/h2-10,18H,23H2,1H3/t18-/m0/s1. The third kappa shape index (κ3) is 2.33. The number of halogens is 1. The van der Waals surface area contributed by atoms with E-state index in [4.69, 9.17) is 10.5 Å². The van der Waals surface area contributed by atoms with E-state index < -0.39 is 11.7 Å². The Hall–Kier alpha value is -3.59. The van der Waals surface area contributed by atoms with Gasteiger partial charge >= 0.3 is 0 Å². The third-order valence-corrected chi connectivity index (χ3v) is 4.45. The number of nitrogens with two attached hydrogens (primary N) is 1. The molecule has 0 unspecified atom stereocenters. The van der Waals surface area contributed by atoms with Crippen LogP contribution in [0.25, 0.3) is 5.69 Å². The van der Waals surface area contributed by atoms with Gasteiger partial charge < -0.3 is 10.5 Å². The van der Waals surface area contributed by atoms with E-state index in [1.807, 2.05) is 37.3 Å². The molecule has 2 aromatic carbocycles. The van der Waals surface area contributed by atoms with Crippen LogP contribution in [-0.2, 0) is 0 Å². The predicted molar refractivity (Wildman–Crippen MR) is 94.0 cm³/mol. The van der Waals surface area contributed by atoms with E-state index in [-0.39, 0.29) is 11.5 Å². The highest BCUT2D eigenvalue weighted by Crippen LogP contribution is 2.45. The molecule has 2 heterocycles. The molecule has 26 heavy (non-hydrogen) atoms. The lowest BCUT2D eigenvalue weighted by Gasteiger charge is -2.25. The summed E-state index contributed by atoms with van der Waals surface area (Å²) in [5.41, 5.74) is 8.64. The van der Waals surface area contributed by atoms with E-state index in [9.17, 15) is 9.65 Å². The number of rotatable bonds is 2. The van der Waals surface area contributed by atoms with Gasteiger partial charge in [0.25, 0.3) is 0 Å². The molecule has 0 radical (unpaired) electrons. The van der Waals surface area contributed by atoms with Gasteiger partial charge in [-0.25, -0.2) is 9.07 Å². The van der Waals surface area contributed by atoms with E-state index in [1.165, 1.54) is 6.07 Å². The number of nitriles is 1. The summed E-state index contributed by atoms with van der Waals surface area (Å²) < 4.78 is 21.9. The van der Waals surface area contributed by atoms with Gasteiger partial charge in [0, 0.05) is 5.56 Å². The van der Waals surface area contributed by atoms with E-state index >= 15 is 0 Å². The van der Waals surface area contributed by atoms with Crippen molar-refractivity contribution >= 4 is 0 Å². The van der Waals surface area contributed by atoms with Gasteiger partial charge in [-0.2, -0.15) is 10.4 Å². The minimum Gasteiger partial charge on any atom is -0.422 e. The molecule has 3 aromatic rings. The number of para-hydroxylation sites is 1. The summed E-state index contributed by atoms with van der Waals surface area (Å²) in [6.07, 6.45) is 0. The van der Waals surface area contributed by atoms with Crippen LogP contribution in [0, 0.1) is 24.1 Å². The topological polar surface area (TPSA) is 76.9 Å². The SMILES string of the molecule is Cc1nn(-c2ccccc2)c2c1[C@@H](c1ccccc1F)C(C#N)=C(N)O2. The minimum absolute atomic E-state index is 0.0367. The number of aromatic nitrogens is 2. The largest absolute Gasteiger partial charge is 0.422 e. The molecule has 1 aliphatic heterocycles. The molecule has 4 rings (SSSR count). The van der Waals surface area contributed by atoms with Crippen molar-refractivity contribution in [2.24, 2.45) is 5.73 Å². The van der Waals surface area contributed by atoms with Gasteiger partial charge in [-0.15, -0.1) is 0 Å². The molecule has 128 valence electrons. The van der Waals surface area contributed by atoms with E-state index in [0.717, 1.165) is 5.69 Å². The molecule has 6 heteroatoms. The molecule has 0 aliphatic carbocycles. The second kappa shape index (κ2) is 6.05. The number of hydrogen-bond donors (Lipinski definition) is 1. The minimum atomic E-state index is -0.664. The third-order valence-electron chi connectivity index (χ3n) is 4.45. The summed E-state index contributed by atoms with van der Waals surface area (Å²) in [4.78, 5) is 0. The summed E-state index contributed by atoms with van der Waals surface area (Å²) in [5.74, 6) is -0.705. The van der Waals surface area contributed by atoms with Crippen molar-refractivity contribution < 1.29 is 9.13 Å². The Kier molecular flexibility index (Phi) is 3.70. The van der Waals surface area contributed by atoms with Gasteiger partial charge in [0.15, 0.2) is 0 Å². The maximum absolute atomic E-state index is 14.5. The van der Waals surface area contributed by atoms with Crippen molar-refractivity contribution in [3.05, 3.63) is 88.7 Å². The summed E-state index contributed by atoms with van der Waals surface area (Å²) in [6.45, 7) is 1.81. The maximum Gasteiger partial charge on any atom is 0.229 e. The number of ether oxygens (including phenoxy) is 1. The number of hydrogen-bond acceptors (Lipinski definition) is 4. The lowest BCUT2D eigenvalue weighted by Crippen LogP contribution is -2.22. The molecule has 2 N–H and O–H groups in total. The van der Waals surface area contributed by atoms with Crippen molar-refractivity contribution in [2.45, 2.75) is 12.8 Å². The fourth-order valence-electron chi connectivity index (χ4n) is 3.28. The zero-order chi connectivity index (χ0) is 18.3. The number of nitrogens with zero attached hydrogens (tertiary/aromatic N) is 3. The first kappa shape index (κ1) is 15.9. The smallest absolute Gasteiger partial charge is 0.229 e. The Morgan fingerprint density at radius 1 is 1.15 bits per heavy atom. The Morgan fingerprint density at radius 3 is 2.54 bits per heavy atom. The summed E-state index contributed by atoms with van der Waals surface area (Å²) in [7, 11) is 0. The van der Waals surface area contributed by atoms with Crippen molar-refractivity contribution in [1.82, 2.24) is 9.78 Å². The van der Waals surface area contributed by atoms with Crippen LogP contribution in [0.1, 0.15) is 22.7 Å². The molecular weight excluding hydrogens is 331 g/mol. The molecule has 0 bridgehead atoms. The molecule has 0 saturated carbocycles. The highest BCUT2D eigenvalue weighted by Gasteiger charge is 2.37. The van der Waals surface area contributed by atoms with E-state index in [1.54, 1.807) is 22.9 Å². The fraction of sp³-hybridized carbons (Fsp3) is 0.100. The molecule has 0 fully saturated rings. The predicted octanol–water partition coefficient (Wildman–Crippen LogP) is 3.54. The van der Waals surface area contributed by atoms with Crippen LogP contribution in [0.15, 0.2) is 66.1 Å². The zero-order valence-electron chi connectivity index (χ0n) is 14.0.